The molecule has 0 saturated heterocycles. The maximum atomic E-state index is 13.5. The van der Waals surface area contributed by atoms with E-state index >= 15 is 0 Å². The number of carbonyl (C=O) groups excluding carboxylic acids is 1. The molecule has 0 radical (unpaired) electrons. The van der Waals surface area contributed by atoms with Crippen molar-refractivity contribution in [2.75, 3.05) is 23.9 Å². The molecule has 152 valence electrons. The Labute approximate surface area is 184 Å². The van der Waals surface area contributed by atoms with Gasteiger partial charge in [-0.15, -0.1) is 0 Å². The Morgan fingerprint density at radius 1 is 1.07 bits per heavy atom. The van der Waals surface area contributed by atoms with Crippen molar-refractivity contribution in [2.24, 2.45) is 0 Å². The highest BCUT2D eigenvalue weighted by Crippen LogP contribution is 2.36. The lowest BCUT2D eigenvalue weighted by molar-refractivity contribution is 0.0985. The van der Waals surface area contributed by atoms with E-state index in [0.717, 1.165) is 27.2 Å². The predicted molar refractivity (Wildman–Crippen MR) is 125 cm³/mol. The predicted octanol–water partition coefficient (Wildman–Crippen LogP) is 5.57. The van der Waals surface area contributed by atoms with Crippen LogP contribution in [-0.2, 0) is 6.54 Å². The second-order valence-electron chi connectivity index (χ2n) is 7.19. The topological polar surface area (TPSA) is 49.3 Å². The molecule has 0 spiro atoms. The molecule has 0 fully saturated rings. The molecular weight excluding hydrogens is 416 g/mol. The number of thiazole rings is 1. The summed E-state index contributed by atoms with van der Waals surface area (Å²) in [6, 6.07) is 17.0. The molecule has 0 saturated carbocycles. The van der Waals surface area contributed by atoms with Crippen molar-refractivity contribution in [3.05, 3.63) is 82.6 Å². The molecule has 0 bridgehead atoms. The molecular formula is C23H21ClN4OS. The first kappa shape index (κ1) is 20.3. The summed E-state index contributed by atoms with van der Waals surface area (Å²) in [5.74, 6) is -0.126. The quantitative estimate of drug-likeness (QED) is 0.410. The molecule has 0 unspecified atom stereocenters. The van der Waals surface area contributed by atoms with Crippen molar-refractivity contribution >= 4 is 49.9 Å². The second-order valence-corrected chi connectivity index (χ2v) is 8.58. The van der Waals surface area contributed by atoms with Gasteiger partial charge in [-0.1, -0.05) is 35.1 Å². The van der Waals surface area contributed by atoms with Crippen LogP contribution in [0.1, 0.15) is 21.6 Å². The smallest absolute Gasteiger partial charge is 0.260 e. The van der Waals surface area contributed by atoms with E-state index in [1.165, 1.54) is 11.3 Å². The molecule has 5 nitrogen and oxygen atoms in total. The lowest BCUT2D eigenvalue weighted by Crippen LogP contribution is -2.30. The van der Waals surface area contributed by atoms with Crippen LogP contribution in [0.5, 0.6) is 0 Å². The van der Waals surface area contributed by atoms with Crippen molar-refractivity contribution in [3.8, 4) is 0 Å². The lowest BCUT2D eigenvalue weighted by Gasteiger charge is -2.20. The number of fused-ring (bicyclic) bond motifs is 1. The number of carbonyl (C=O) groups is 1. The number of amides is 1. The molecule has 1 amide bonds. The molecule has 0 N–H and O–H groups in total. The van der Waals surface area contributed by atoms with E-state index in [9.17, 15) is 4.79 Å². The van der Waals surface area contributed by atoms with Crippen LogP contribution in [-0.4, -0.2) is 30.0 Å². The first-order valence-corrected chi connectivity index (χ1v) is 10.7. The zero-order valence-electron chi connectivity index (χ0n) is 17.0. The fourth-order valence-electron chi connectivity index (χ4n) is 3.14. The number of aryl methyl sites for hydroxylation is 1. The molecule has 0 aliphatic carbocycles. The fraction of sp³-hybridized carbons (Fsp3) is 0.174. The molecule has 7 heteroatoms. The number of anilines is 2. The number of aromatic nitrogens is 2. The van der Waals surface area contributed by atoms with E-state index in [1.807, 2.05) is 80.5 Å². The maximum absolute atomic E-state index is 13.5. The van der Waals surface area contributed by atoms with Crippen LogP contribution in [0.25, 0.3) is 10.2 Å². The van der Waals surface area contributed by atoms with Gasteiger partial charge < -0.3 is 4.90 Å². The molecule has 0 atom stereocenters. The number of pyridine rings is 1. The van der Waals surface area contributed by atoms with E-state index in [4.69, 9.17) is 16.6 Å². The van der Waals surface area contributed by atoms with Gasteiger partial charge in [-0.05, 0) is 55.0 Å². The van der Waals surface area contributed by atoms with Crippen molar-refractivity contribution < 1.29 is 4.79 Å². The fourth-order valence-corrected chi connectivity index (χ4v) is 4.46. The van der Waals surface area contributed by atoms with Gasteiger partial charge in [0.05, 0.1) is 27.5 Å². The van der Waals surface area contributed by atoms with E-state index < -0.39 is 0 Å². The first-order valence-electron chi connectivity index (χ1n) is 9.49. The molecule has 2 aromatic heterocycles. The Kier molecular flexibility index (Phi) is 5.70. The maximum Gasteiger partial charge on any atom is 0.260 e. The zero-order valence-corrected chi connectivity index (χ0v) is 18.5. The summed E-state index contributed by atoms with van der Waals surface area (Å²) >= 11 is 7.82. The summed E-state index contributed by atoms with van der Waals surface area (Å²) in [5, 5.41) is 1.24. The average Bonchev–Trinajstić information content (AvgIpc) is 3.21. The third-order valence-electron chi connectivity index (χ3n) is 4.84. The van der Waals surface area contributed by atoms with Crippen molar-refractivity contribution in [1.29, 1.82) is 0 Å². The van der Waals surface area contributed by atoms with Crippen LogP contribution < -0.4 is 9.80 Å². The van der Waals surface area contributed by atoms with Crippen LogP contribution in [0.15, 0.2) is 60.8 Å². The van der Waals surface area contributed by atoms with Crippen molar-refractivity contribution in [3.63, 3.8) is 0 Å². The summed E-state index contributed by atoms with van der Waals surface area (Å²) in [4.78, 5) is 26.3. The molecule has 2 aromatic carbocycles. The van der Waals surface area contributed by atoms with Gasteiger partial charge in [-0.3, -0.25) is 14.7 Å². The summed E-state index contributed by atoms with van der Waals surface area (Å²) in [7, 11) is 3.94. The average molecular weight is 437 g/mol. The van der Waals surface area contributed by atoms with Gasteiger partial charge in [0.1, 0.15) is 0 Å². The lowest BCUT2D eigenvalue weighted by atomic mass is 10.1. The van der Waals surface area contributed by atoms with Gasteiger partial charge in [-0.25, -0.2) is 4.98 Å². The number of benzene rings is 2. The minimum Gasteiger partial charge on any atom is -0.378 e. The Morgan fingerprint density at radius 3 is 2.47 bits per heavy atom. The zero-order chi connectivity index (χ0) is 21.3. The minimum absolute atomic E-state index is 0.126. The van der Waals surface area contributed by atoms with E-state index in [-0.39, 0.29) is 5.91 Å². The van der Waals surface area contributed by atoms with Gasteiger partial charge in [0.25, 0.3) is 5.91 Å². The second kappa shape index (κ2) is 8.42. The van der Waals surface area contributed by atoms with E-state index in [1.54, 1.807) is 11.1 Å². The summed E-state index contributed by atoms with van der Waals surface area (Å²) in [5.41, 5.74) is 4.27. The van der Waals surface area contributed by atoms with Crippen molar-refractivity contribution in [1.82, 2.24) is 9.97 Å². The third kappa shape index (κ3) is 4.01. The Bertz CT molecular complexity index is 1150. The Balaban J connectivity index is 1.77. The molecule has 4 rings (SSSR count). The number of rotatable bonds is 5. The van der Waals surface area contributed by atoms with Gasteiger partial charge in [0.2, 0.25) is 0 Å². The third-order valence-corrected chi connectivity index (χ3v) is 6.38. The SMILES string of the molecule is Cc1ccc(Cl)c2sc(N(Cc3ccccn3)C(=O)c3ccc(N(C)C)cc3)nc12. The Morgan fingerprint density at radius 2 is 1.83 bits per heavy atom. The monoisotopic (exact) mass is 436 g/mol. The highest BCUT2D eigenvalue weighted by molar-refractivity contribution is 7.23. The number of hydrogen-bond acceptors (Lipinski definition) is 5. The number of halogens is 1. The van der Waals surface area contributed by atoms with Gasteiger partial charge in [0, 0.05) is 31.5 Å². The molecule has 0 aliphatic rings. The summed E-state index contributed by atoms with van der Waals surface area (Å²) in [6.45, 7) is 2.32. The summed E-state index contributed by atoms with van der Waals surface area (Å²) < 4.78 is 0.883. The van der Waals surface area contributed by atoms with Crippen LogP contribution in [0, 0.1) is 6.92 Å². The van der Waals surface area contributed by atoms with Crippen LogP contribution in [0.2, 0.25) is 5.02 Å². The normalized spacial score (nSPS) is 10.9. The summed E-state index contributed by atoms with van der Waals surface area (Å²) in [6.07, 6.45) is 1.73. The standard InChI is InChI=1S/C23H21ClN4OS/c1-15-7-12-19(24)21-20(15)26-23(30-21)28(14-17-6-4-5-13-25-17)22(29)16-8-10-18(11-9-16)27(2)3/h4-13H,14H2,1-3H3. The van der Waals surface area contributed by atoms with Crippen LogP contribution in [0.4, 0.5) is 10.8 Å². The molecule has 0 aliphatic heterocycles. The van der Waals surface area contributed by atoms with E-state index in [0.29, 0.717) is 22.3 Å². The van der Waals surface area contributed by atoms with E-state index in [2.05, 4.69) is 4.98 Å². The number of nitrogens with zero attached hydrogens (tertiary/aromatic N) is 4. The van der Waals surface area contributed by atoms with Crippen LogP contribution >= 0.6 is 22.9 Å². The number of hydrogen-bond donors (Lipinski definition) is 0. The van der Waals surface area contributed by atoms with Gasteiger partial charge in [0.15, 0.2) is 5.13 Å². The van der Waals surface area contributed by atoms with Gasteiger partial charge >= 0.3 is 0 Å². The Hall–Kier alpha value is -2.96. The van der Waals surface area contributed by atoms with Gasteiger partial charge in [-0.2, -0.15) is 0 Å². The first-order chi connectivity index (χ1) is 14.4. The molecule has 4 aromatic rings. The molecule has 2 heterocycles. The van der Waals surface area contributed by atoms with Crippen molar-refractivity contribution in [2.45, 2.75) is 13.5 Å². The largest absolute Gasteiger partial charge is 0.378 e. The highest BCUT2D eigenvalue weighted by atomic mass is 35.5. The minimum atomic E-state index is -0.126. The highest BCUT2D eigenvalue weighted by Gasteiger charge is 2.23. The van der Waals surface area contributed by atoms with Crippen LogP contribution in [0.3, 0.4) is 0 Å². The molecule has 30 heavy (non-hydrogen) atoms.